The van der Waals surface area contributed by atoms with Crippen LogP contribution in [0.15, 0.2) is 72.8 Å². The highest BCUT2D eigenvalue weighted by Crippen LogP contribution is 2.29. The van der Waals surface area contributed by atoms with Gasteiger partial charge in [-0.1, -0.05) is 56.4 Å². The predicted molar refractivity (Wildman–Crippen MR) is 166 cm³/mol. The largest absolute Gasteiger partial charge is 0.426 e. The lowest BCUT2D eigenvalue weighted by molar-refractivity contribution is -0.135. The van der Waals surface area contributed by atoms with Crippen LogP contribution in [0.3, 0.4) is 0 Å². The third-order valence-electron chi connectivity index (χ3n) is 7.57. The number of hydrogen-bond acceptors (Lipinski definition) is 4. The standard InChI is InChI=1S/C37H36F4O4/c1-24-12-14-26(20-32(24)38)30-18-16-28(22-34(30)40)44-36(42)10-8-6-4-3-5-7-9-11-37(43)45-29-17-19-31(35(41)23-29)27-15-13-25(2)33(39)21-27/h12-23H,3-11H2,1-2H3. The zero-order chi connectivity index (χ0) is 32.3. The van der Waals surface area contributed by atoms with Crippen LogP contribution in [-0.2, 0) is 9.59 Å². The topological polar surface area (TPSA) is 52.6 Å². The van der Waals surface area contributed by atoms with Gasteiger partial charge in [-0.2, -0.15) is 0 Å². The molecule has 0 saturated carbocycles. The van der Waals surface area contributed by atoms with Crippen molar-refractivity contribution in [3.05, 3.63) is 107 Å². The number of carbonyl (C=O) groups is 2. The Morgan fingerprint density at radius 2 is 0.867 bits per heavy atom. The first-order chi connectivity index (χ1) is 21.6. The number of benzene rings is 4. The lowest BCUT2D eigenvalue weighted by atomic mass is 10.0. The minimum Gasteiger partial charge on any atom is -0.426 e. The molecule has 0 aliphatic rings. The van der Waals surface area contributed by atoms with E-state index in [0.29, 0.717) is 35.1 Å². The average molecular weight is 621 g/mol. The van der Waals surface area contributed by atoms with Crippen molar-refractivity contribution in [1.82, 2.24) is 0 Å². The number of hydrogen-bond donors (Lipinski definition) is 0. The minimum absolute atomic E-state index is 0.105. The van der Waals surface area contributed by atoms with Gasteiger partial charge in [0.15, 0.2) is 0 Å². The van der Waals surface area contributed by atoms with E-state index in [4.69, 9.17) is 9.47 Å². The summed E-state index contributed by atoms with van der Waals surface area (Å²) in [4.78, 5) is 24.4. The Morgan fingerprint density at radius 1 is 0.489 bits per heavy atom. The lowest BCUT2D eigenvalue weighted by Crippen LogP contribution is -2.08. The molecule has 0 aromatic heterocycles. The molecule has 0 atom stereocenters. The molecular weight excluding hydrogens is 584 g/mol. The van der Waals surface area contributed by atoms with E-state index >= 15 is 0 Å². The SMILES string of the molecule is Cc1ccc(-c2ccc(OC(=O)CCCCCCCCCC(=O)Oc3ccc(-c4ccc(C)c(F)c4)c(F)c3)cc2F)cc1F. The smallest absolute Gasteiger partial charge is 0.311 e. The molecule has 0 aliphatic heterocycles. The second-order valence-corrected chi connectivity index (χ2v) is 11.1. The summed E-state index contributed by atoms with van der Waals surface area (Å²) in [5.41, 5.74) is 2.22. The molecule has 0 fully saturated rings. The van der Waals surface area contributed by atoms with E-state index in [1.54, 1.807) is 38.1 Å². The molecule has 0 N–H and O–H groups in total. The maximum Gasteiger partial charge on any atom is 0.311 e. The summed E-state index contributed by atoms with van der Waals surface area (Å²) in [5, 5.41) is 0. The van der Waals surface area contributed by atoms with Crippen molar-refractivity contribution in [3.63, 3.8) is 0 Å². The number of esters is 2. The molecule has 0 spiro atoms. The average Bonchev–Trinajstić information content (AvgIpc) is 2.99. The third kappa shape index (κ3) is 9.76. The maximum absolute atomic E-state index is 14.6. The molecule has 45 heavy (non-hydrogen) atoms. The lowest BCUT2D eigenvalue weighted by Gasteiger charge is -2.09. The Labute approximate surface area is 261 Å². The summed E-state index contributed by atoms with van der Waals surface area (Å²) in [5.74, 6) is -2.71. The Balaban J connectivity index is 1.07. The van der Waals surface area contributed by atoms with Crippen LogP contribution in [0, 0.1) is 37.1 Å². The summed E-state index contributed by atoms with van der Waals surface area (Å²) in [6.45, 7) is 3.26. The van der Waals surface area contributed by atoms with Crippen LogP contribution in [0.1, 0.15) is 68.9 Å². The van der Waals surface area contributed by atoms with Crippen molar-refractivity contribution in [2.75, 3.05) is 0 Å². The molecule has 236 valence electrons. The first kappa shape index (κ1) is 33.4. The van der Waals surface area contributed by atoms with Crippen LogP contribution in [-0.4, -0.2) is 11.9 Å². The Morgan fingerprint density at radius 3 is 1.22 bits per heavy atom. The Hall–Kier alpha value is -4.46. The van der Waals surface area contributed by atoms with Crippen LogP contribution < -0.4 is 9.47 Å². The van der Waals surface area contributed by atoms with E-state index in [1.165, 1.54) is 36.4 Å². The summed E-state index contributed by atoms with van der Waals surface area (Å²) in [7, 11) is 0. The van der Waals surface area contributed by atoms with Gasteiger partial charge in [-0.05, 0) is 85.3 Å². The fraction of sp³-hybridized carbons (Fsp3) is 0.297. The molecule has 0 saturated heterocycles. The van der Waals surface area contributed by atoms with Crippen molar-refractivity contribution >= 4 is 11.9 Å². The van der Waals surface area contributed by atoms with Crippen molar-refractivity contribution in [2.45, 2.75) is 71.6 Å². The van der Waals surface area contributed by atoms with E-state index in [-0.39, 0.29) is 35.5 Å². The molecule has 0 bridgehead atoms. The molecule has 4 aromatic carbocycles. The zero-order valence-corrected chi connectivity index (χ0v) is 25.4. The Kier molecular flexibility index (Phi) is 11.9. The molecule has 4 rings (SSSR count). The van der Waals surface area contributed by atoms with Gasteiger partial charge < -0.3 is 9.47 Å². The van der Waals surface area contributed by atoms with Crippen molar-refractivity contribution in [2.24, 2.45) is 0 Å². The third-order valence-corrected chi connectivity index (χ3v) is 7.57. The fourth-order valence-corrected chi connectivity index (χ4v) is 4.90. The highest BCUT2D eigenvalue weighted by Gasteiger charge is 2.13. The molecular formula is C37H36F4O4. The molecule has 0 aliphatic carbocycles. The first-order valence-electron chi connectivity index (χ1n) is 15.1. The highest BCUT2D eigenvalue weighted by atomic mass is 19.1. The number of halogens is 4. The van der Waals surface area contributed by atoms with Crippen LogP contribution in [0.2, 0.25) is 0 Å². The van der Waals surface area contributed by atoms with Gasteiger partial charge in [0.05, 0.1) is 0 Å². The summed E-state index contributed by atoms with van der Waals surface area (Å²) < 4.78 is 67.4. The van der Waals surface area contributed by atoms with E-state index in [9.17, 15) is 27.2 Å². The van der Waals surface area contributed by atoms with Gasteiger partial charge >= 0.3 is 11.9 Å². The van der Waals surface area contributed by atoms with Gasteiger partial charge in [0.25, 0.3) is 0 Å². The molecule has 4 aromatic rings. The van der Waals surface area contributed by atoms with Crippen molar-refractivity contribution < 1.29 is 36.6 Å². The fourth-order valence-electron chi connectivity index (χ4n) is 4.90. The van der Waals surface area contributed by atoms with E-state index in [0.717, 1.165) is 44.2 Å². The Bertz CT molecular complexity index is 1530. The molecule has 0 heterocycles. The minimum atomic E-state index is -0.600. The predicted octanol–water partition coefficient (Wildman–Crippen LogP) is 10.2. The first-order valence-corrected chi connectivity index (χ1v) is 15.1. The molecule has 0 radical (unpaired) electrons. The van der Waals surface area contributed by atoms with Gasteiger partial charge in [-0.15, -0.1) is 0 Å². The number of carbonyl (C=O) groups excluding carboxylic acids is 2. The van der Waals surface area contributed by atoms with Crippen molar-refractivity contribution in [3.8, 4) is 33.8 Å². The quantitative estimate of drug-likeness (QED) is 0.0609. The normalized spacial score (nSPS) is 11.0. The van der Waals surface area contributed by atoms with Gasteiger partial charge in [0.2, 0.25) is 0 Å². The van der Waals surface area contributed by atoms with Crippen molar-refractivity contribution in [1.29, 1.82) is 0 Å². The van der Waals surface area contributed by atoms with Crippen LogP contribution in [0.25, 0.3) is 22.3 Å². The van der Waals surface area contributed by atoms with Crippen LogP contribution in [0.4, 0.5) is 17.6 Å². The summed E-state index contributed by atoms with van der Waals surface area (Å²) in [6.07, 6.45) is 6.16. The highest BCUT2D eigenvalue weighted by molar-refractivity contribution is 5.74. The van der Waals surface area contributed by atoms with E-state index in [2.05, 4.69) is 0 Å². The second-order valence-electron chi connectivity index (χ2n) is 11.1. The van der Waals surface area contributed by atoms with Crippen LogP contribution >= 0.6 is 0 Å². The molecule has 4 nitrogen and oxygen atoms in total. The van der Waals surface area contributed by atoms with Gasteiger partial charge in [0.1, 0.15) is 34.8 Å². The molecule has 0 amide bonds. The van der Waals surface area contributed by atoms with Gasteiger partial charge in [-0.25, -0.2) is 17.6 Å². The number of unbranched alkanes of at least 4 members (excludes halogenated alkanes) is 6. The monoisotopic (exact) mass is 620 g/mol. The second kappa shape index (κ2) is 16.0. The van der Waals surface area contributed by atoms with Gasteiger partial charge in [0, 0.05) is 36.1 Å². The summed E-state index contributed by atoms with van der Waals surface area (Å²) >= 11 is 0. The maximum atomic E-state index is 14.6. The number of ether oxygens (including phenoxy) is 2. The summed E-state index contributed by atoms with van der Waals surface area (Å²) in [6, 6.07) is 17.2. The van der Waals surface area contributed by atoms with Gasteiger partial charge in [-0.3, -0.25) is 9.59 Å². The number of rotatable bonds is 14. The number of aryl methyl sites for hydroxylation is 2. The van der Waals surface area contributed by atoms with E-state index in [1.807, 2.05) is 0 Å². The zero-order valence-electron chi connectivity index (χ0n) is 25.4. The molecule has 8 heteroatoms. The van der Waals surface area contributed by atoms with Crippen LogP contribution in [0.5, 0.6) is 11.5 Å². The molecule has 0 unspecified atom stereocenters. The van der Waals surface area contributed by atoms with E-state index < -0.39 is 35.2 Å².